The zero-order chi connectivity index (χ0) is 21.1. The molecule has 0 aromatic heterocycles. The van der Waals surface area contributed by atoms with Gasteiger partial charge in [-0.15, -0.1) is 0 Å². The molecule has 2 aliphatic heterocycles. The molecule has 0 radical (unpaired) electrons. The molecular formula is C22H27N3O5. The number of carbonyl (C=O) groups excluding carboxylic acids is 4. The molecule has 3 aliphatic rings. The third-order valence-electron chi connectivity index (χ3n) is 6.33. The Labute approximate surface area is 175 Å². The summed E-state index contributed by atoms with van der Waals surface area (Å²) in [7, 11) is 0. The van der Waals surface area contributed by atoms with Crippen LogP contribution in [0.4, 0.5) is 5.69 Å². The molecule has 2 atom stereocenters. The smallest absolute Gasteiger partial charge is 0.326 e. The van der Waals surface area contributed by atoms with Gasteiger partial charge < -0.3 is 14.5 Å². The number of benzene rings is 1. The van der Waals surface area contributed by atoms with E-state index in [1.165, 1.54) is 0 Å². The summed E-state index contributed by atoms with van der Waals surface area (Å²) in [4.78, 5) is 54.3. The fraction of sp³-hybridized carbons (Fsp3) is 0.545. The molecular weight excluding hydrogens is 386 g/mol. The van der Waals surface area contributed by atoms with Crippen molar-refractivity contribution in [3.63, 3.8) is 0 Å². The third-order valence-corrected chi connectivity index (χ3v) is 6.33. The lowest BCUT2D eigenvalue weighted by Gasteiger charge is -2.36. The summed E-state index contributed by atoms with van der Waals surface area (Å²) in [6.45, 7) is 1.76. The second-order valence-corrected chi connectivity index (χ2v) is 8.12. The first-order chi connectivity index (χ1) is 14.5. The minimum Gasteiger partial charge on any atom is -0.454 e. The van der Waals surface area contributed by atoms with Gasteiger partial charge in [-0.1, -0.05) is 31.0 Å². The molecule has 8 nitrogen and oxygen atoms in total. The topological polar surface area (TPSA) is 87.2 Å². The van der Waals surface area contributed by atoms with E-state index >= 15 is 0 Å². The Hall–Kier alpha value is -2.90. The van der Waals surface area contributed by atoms with Gasteiger partial charge in [0.05, 0.1) is 11.8 Å². The van der Waals surface area contributed by atoms with E-state index in [9.17, 15) is 19.2 Å². The van der Waals surface area contributed by atoms with E-state index in [1.54, 1.807) is 4.90 Å². The van der Waals surface area contributed by atoms with E-state index < -0.39 is 12.5 Å². The maximum Gasteiger partial charge on any atom is 0.326 e. The molecule has 3 fully saturated rings. The third kappa shape index (κ3) is 4.17. The van der Waals surface area contributed by atoms with Crippen LogP contribution in [0.1, 0.15) is 25.7 Å². The van der Waals surface area contributed by atoms with E-state index in [2.05, 4.69) is 4.90 Å². The molecule has 0 bridgehead atoms. The number of piperazine rings is 1. The number of imide groups is 1. The van der Waals surface area contributed by atoms with Crippen molar-refractivity contribution < 1.29 is 23.9 Å². The maximum atomic E-state index is 12.4. The van der Waals surface area contributed by atoms with E-state index in [0.29, 0.717) is 39.0 Å². The highest BCUT2D eigenvalue weighted by molar-refractivity contribution is 6.07. The van der Waals surface area contributed by atoms with Gasteiger partial charge >= 0.3 is 5.97 Å². The van der Waals surface area contributed by atoms with Crippen LogP contribution >= 0.6 is 0 Å². The lowest BCUT2D eigenvalue weighted by Crippen LogP contribution is -2.50. The average Bonchev–Trinajstić information content (AvgIpc) is 3.03. The van der Waals surface area contributed by atoms with Crippen LogP contribution in [-0.2, 0) is 23.9 Å². The highest BCUT2D eigenvalue weighted by atomic mass is 16.5. The van der Waals surface area contributed by atoms with Crippen molar-refractivity contribution in [2.24, 2.45) is 11.8 Å². The quantitative estimate of drug-likeness (QED) is 0.530. The number of para-hydroxylation sites is 1. The minimum absolute atomic E-state index is 0.260. The largest absolute Gasteiger partial charge is 0.454 e. The van der Waals surface area contributed by atoms with Gasteiger partial charge in [0, 0.05) is 31.9 Å². The fourth-order valence-electron chi connectivity index (χ4n) is 4.65. The second kappa shape index (κ2) is 8.85. The van der Waals surface area contributed by atoms with Gasteiger partial charge in [-0.3, -0.25) is 24.1 Å². The zero-order valence-corrected chi connectivity index (χ0v) is 17.0. The predicted octanol–water partition coefficient (Wildman–Crippen LogP) is 1.05. The summed E-state index contributed by atoms with van der Waals surface area (Å²) in [5.41, 5.74) is 1.12. The van der Waals surface area contributed by atoms with Crippen LogP contribution in [0.3, 0.4) is 0 Å². The zero-order valence-electron chi connectivity index (χ0n) is 17.0. The number of carbonyl (C=O) groups is 4. The number of ether oxygens (including phenoxy) is 1. The van der Waals surface area contributed by atoms with Crippen LogP contribution in [0.5, 0.6) is 0 Å². The summed E-state index contributed by atoms with van der Waals surface area (Å²) >= 11 is 0. The normalized spacial score (nSPS) is 24.1. The molecule has 2 unspecified atom stereocenters. The predicted molar refractivity (Wildman–Crippen MR) is 108 cm³/mol. The van der Waals surface area contributed by atoms with Crippen molar-refractivity contribution in [3.05, 3.63) is 30.3 Å². The molecule has 30 heavy (non-hydrogen) atoms. The summed E-state index contributed by atoms with van der Waals surface area (Å²) in [5.74, 6) is -2.10. The van der Waals surface area contributed by atoms with Crippen LogP contribution in [0, 0.1) is 11.8 Å². The Kier molecular flexibility index (Phi) is 6.01. The molecule has 0 spiro atoms. The SMILES string of the molecule is O=C(CN1C(=O)C2CCCCC2C1=O)OCC(=O)N1CCN(c2ccccc2)CC1. The number of hydrogen-bond donors (Lipinski definition) is 0. The Bertz CT molecular complexity index is 795. The van der Waals surface area contributed by atoms with Crippen LogP contribution in [0.2, 0.25) is 0 Å². The number of esters is 1. The Morgan fingerprint density at radius 3 is 2.10 bits per heavy atom. The number of amides is 3. The van der Waals surface area contributed by atoms with Gasteiger partial charge in [0.15, 0.2) is 6.61 Å². The van der Waals surface area contributed by atoms with Crippen molar-refractivity contribution in [3.8, 4) is 0 Å². The van der Waals surface area contributed by atoms with Crippen molar-refractivity contribution >= 4 is 29.4 Å². The number of fused-ring (bicyclic) bond motifs is 1. The molecule has 160 valence electrons. The highest BCUT2D eigenvalue weighted by Gasteiger charge is 2.48. The van der Waals surface area contributed by atoms with Crippen molar-refractivity contribution in [1.82, 2.24) is 9.80 Å². The molecule has 1 saturated carbocycles. The number of nitrogens with zero attached hydrogens (tertiary/aromatic N) is 3. The first-order valence-corrected chi connectivity index (χ1v) is 10.6. The summed E-state index contributed by atoms with van der Waals surface area (Å²) in [6, 6.07) is 10.0. The van der Waals surface area contributed by atoms with Gasteiger partial charge in [0.1, 0.15) is 6.54 Å². The monoisotopic (exact) mass is 413 g/mol. The molecule has 1 aliphatic carbocycles. The van der Waals surface area contributed by atoms with E-state index in [-0.39, 0.29) is 36.2 Å². The second-order valence-electron chi connectivity index (χ2n) is 8.12. The first-order valence-electron chi connectivity index (χ1n) is 10.6. The van der Waals surface area contributed by atoms with Gasteiger partial charge in [-0.2, -0.15) is 0 Å². The fourth-order valence-corrected chi connectivity index (χ4v) is 4.65. The molecule has 4 rings (SSSR count). The van der Waals surface area contributed by atoms with Gasteiger partial charge in [0.2, 0.25) is 11.8 Å². The van der Waals surface area contributed by atoms with Crippen LogP contribution in [0.25, 0.3) is 0 Å². The Balaban J connectivity index is 1.22. The molecule has 1 aromatic rings. The summed E-state index contributed by atoms with van der Waals surface area (Å²) in [6.07, 6.45) is 3.28. The van der Waals surface area contributed by atoms with Gasteiger partial charge in [0.25, 0.3) is 5.91 Å². The number of anilines is 1. The molecule has 3 amide bonds. The van der Waals surface area contributed by atoms with Crippen molar-refractivity contribution in [2.45, 2.75) is 25.7 Å². The number of rotatable bonds is 5. The molecule has 8 heteroatoms. The standard InChI is InChI=1S/C22H27N3O5/c26-19(24-12-10-23(11-13-24)16-6-2-1-3-7-16)15-30-20(27)14-25-21(28)17-8-4-5-9-18(17)22(25)29/h1-3,6-7,17-18H,4-5,8-15H2. The molecule has 2 saturated heterocycles. The molecule has 2 heterocycles. The molecule has 0 N–H and O–H groups in total. The van der Waals surface area contributed by atoms with E-state index in [4.69, 9.17) is 4.74 Å². The lowest BCUT2D eigenvalue weighted by molar-refractivity contribution is -0.156. The summed E-state index contributed by atoms with van der Waals surface area (Å²) in [5, 5.41) is 0. The minimum atomic E-state index is -0.716. The van der Waals surface area contributed by atoms with Crippen molar-refractivity contribution in [2.75, 3.05) is 44.2 Å². The lowest BCUT2D eigenvalue weighted by atomic mass is 9.81. The average molecular weight is 413 g/mol. The first kappa shape index (κ1) is 20.4. The van der Waals surface area contributed by atoms with Crippen molar-refractivity contribution in [1.29, 1.82) is 0 Å². The van der Waals surface area contributed by atoms with Crippen LogP contribution in [0.15, 0.2) is 30.3 Å². The van der Waals surface area contributed by atoms with Gasteiger partial charge in [-0.25, -0.2) is 0 Å². The maximum absolute atomic E-state index is 12.4. The van der Waals surface area contributed by atoms with E-state index in [0.717, 1.165) is 23.4 Å². The van der Waals surface area contributed by atoms with E-state index in [1.807, 2.05) is 30.3 Å². The molecule has 1 aromatic carbocycles. The summed E-state index contributed by atoms with van der Waals surface area (Å²) < 4.78 is 5.09. The highest BCUT2D eigenvalue weighted by Crippen LogP contribution is 2.37. The van der Waals surface area contributed by atoms with Gasteiger partial charge in [-0.05, 0) is 25.0 Å². The number of likely N-dealkylation sites (tertiary alicyclic amines) is 1. The Morgan fingerprint density at radius 1 is 0.900 bits per heavy atom. The van der Waals surface area contributed by atoms with Crippen LogP contribution < -0.4 is 4.90 Å². The van der Waals surface area contributed by atoms with Crippen LogP contribution in [-0.4, -0.2) is 72.8 Å². The Morgan fingerprint density at radius 2 is 1.50 bits per heavy atom. The number of hydrogen-bond acceptors (Lipinski definition) is 6.